The van der Waals surface area contributed by atoms with Gasteiger partial charge in [-0.1, -0.05) is 24.1 Å². The summed E-state index contributed by atoms with van der Waals surface area (Å²) in [4.78, 5) is 40.7. The molecule has 0 saturated carbocycles. The summed E-state index contributed by atoms with van der Waals surface area (Å²) >= 11 is 11.2. The van der Waals surface area contributed by atoms with Gasteiger partial charge in [0.1, 0.15) is 5.54 Å². The number of hydrogen-bond acceptors (Lipinski definition) is 5. The molecular formula is C23H24BrClN2O4S. The third kappa shape index (κ3) is 5.09. The molecule has 2 fully saturated rings. The van der Waals surface area contributed by atoms with Gasteiger partial charge in [0.2, 0.25) is 5.91 Å². The number of nitrogens with zero attached hydrogens (tertiary/aromatic N) is 1. The minimum absolute atomic E-state index is 0.0817. The number of rotatable bonds is 6. The van der Waals surface area contributed by atoms with Crippen LogP contribution in [0.25, 0.3) is 0 Å². The molecule has 1 atom stereocenters. The molecule has 2 aliphatic heterocycles. The molecule has 3 heterocycles. The molecular weight excluding hydrogens is 516 g/mol. The molecule has 32 heavy (non-hydrogen) atoms. The number of Topliss-reactive ketones (excluding diaryl/α,β-unsaturated/α-hetero) is 1. The lowest BCUT2D eigenvalue weighted by Gasteiger charge is -2.27. The van der Waals surface area contributed by atoms with E-state index in [1.807, 2.05) is 12.1 Å². The first kappa shape index (κ1) is 23.4. The number of ketones is 1. The summed E-state index contributed by atoms with van der Waals surface area (Å²) in [6.45, 7) is 1.22. The minimum Gasteiger partial charge on any atom is -0.378 e. The predicted molar refractivity (Wildman–Crippen MR) is 129 cm³/mol. The zero-order valence-electron chi connectivity index (χ0n) is 17.5. The number of amides is 2. The first-order chi connectivity index (χ1) is 15.4. The summed E-state index contributed by atoms with van der Waals surface area (Å²) in [6, 6.07) is 8.92. The van der Waals surface area contributed by atoms with Gasteiger partial charge in [0.25, 0.3) is 5.91 Å². The maximum atomic E-state index is 13.3. The predicted octanol–water partition coefficient (Wildman–Crippen LogP) is 4.77. The SMILES string of the molecule is O=C(N[C@@]1(C(=O)Cc2ccc(N3CCCCCC3=O)c(Cl)c2)CCOC1)c1ccc(Br)s1. The second-order valence-electron chi connectivity index (χ2n) is 8.18. The Morgan fingerprint density at radius 3 is 2.75 bits per heavy atom. The van der Waals surface area contributed by atoms with E-state index < -0.39 is 5.54 Å². The van der Waals surface area contributed by atoms with Crippen LogP contribution in [0.5, 0.6) is 0 Å². The molecule has 6 nitrogen and oxygen atoms in total. The second-order valence-corrected chi connectivity index (χ2v) is 11.1. The summed E-state index contributed by atoms with van der Waals surface area (Å²) in [6.07, 6.45) is 3.96. The van der Waals surface area contributed by atoms with Gasteiger partial charge in [-0.25, -0.2) is 0 Å². The van der Waals surface area contributed by atoms with E-state index in [2.05, 4.69) is 21.2 Å². The molecule has 1 N–H and O–H groups in total. The first-order valence-corrected chi connectivity index (χ1v) is 12.6. The van der Waals surface area contributed by atoms with Gasteiger partial charge in [-0.3, -0.25) is 14.4 Å². The van der Waals surface area contributed by atoms with E-state index >= 15 is 0 Å². The highest BCUT2D eigenvalue weighted by Crippen LogP contribution is 2.31. The highest BCUT2D eigenvalue weighted by Gasteiger charge is 2.43. The third-order valence-electron chi connectivity index (χ3n) is 5.95. The van der Waals surface area contributed by atoms with Crippen LogP contribution in [-0.4, -0.2) is 42.9 Å². The molecule has 0 aliphatic carbocycles. The maximum absolute atomic E-state index is 13.3. The average Bonchev–Trinajstić information content (AvgIpc) is 3.36. The average molecular weight is 540 g/mol. The van der Waals surface area contributed by atoms with Crippen molar-refractivity contribution in [3.8, 4) is 0 Å². The fourth-order valence-corrected chi connectivity index (χ4v) is 5.73. The Morgan fingerprint density at radius 2 is 2.06 bits per heavy atom. The number of ether oxygens (including phenoxy) is 1. The Bertz CT molecular complexity index is 1030. The molecule has 2 saturated heterocycles. The first-order valence-electron chi connectivity index (χ1n) is 10.7. The fraction of sp³-hybridized carbons (Fsp3) is 0.435. The summed E-state index contributed by atoms with van der Waals surface area (Å²) in [5.74, 6) is -0.320. The molecule has 2 aliphatic rings. The number of hydrogen-bond donors (Lipinski definition) is 1. The van der Waals surface area contributed by atoms with Crippen LogP contribution in [0.2, 0.25) is 5.02 Å². The van der Waals surface area contributed by atoms with Crippen LogP contribution in [0, 0.1) is 0 Å². The van der Waals surface area contributed by atoms with Crippen molar-refractivity contribution < 1.29 is 19.1 Å². The second kappa shape index (κ2) is 10.0. The van der Waals surface area contributed by atoms with Gasteiger partial charge in [0.05, 0.1) is 26.0 Å². The molecule has 9 heteroatoms. The Balaban J connectivity index is 1.49. The lowest BCUT2D eigenvalue weighted by atomic mass is 9.88. The standard InChI is InChI=1S/C23H24BrClN2O4S/c24-20-8-7-18(32-20)22(30)26-23(9-11-31-14-23)19(28)13-15-5-6-17(16(25)12-15)27-10-3-1-2-4-21(27)29/h5-8,12H,1-4,9-11,13-14H2,(H,26,30)/t23-/m0/s1. The molecule has 0 spiro atoms. The van der Waals surface area contributed by atoms with E-state index in [0.717, 1.165) is 28.6 Å². The van der Waals surface area contributed by atoms with Crippen LogP contribution < -0.4 is 10.2 Å². The molecule has 1 aromatic carbocycles. The Labute approximate surface area is 204 Å². The third-order valence-corrected chi connectivity index (χ3v) is 7.87. The van der Waals surface area contributed by atoms with Gasteiger partial charge in [-0.2, -0.15) is 0 Å². The molecule has 0 bridgehead atoms. The molecule has 0 unspecified atom stereocenters. The van der Waals surface area contributed by atoms with Gasteiger partial charge in [0.15, 0.2) is 5.78 Å². The zero-order chi connectivity index (χ0) is 22.7. The van der Waals surface area contributed by atoms with Crippen molar-refractivity contribution in [2.45, 2.75) is 44.1 Å². The van der Waals surface area contributed by atoms with Crippen molar-refractivity contribution in [1.82, 2.24) is 5.32 Å². The summed E-state index contributed by atoms with van der Waals surface area (Å²) in [5.41, 5.74) is 0.370. The van der Waals surface area contributed by atoms with Crippen LogP contribution in [0.15, 0.2) is 34.1 Å². The fourth-order valence-electron chi connectivity index (χ4n) is 4.14. The monoisotopic (exact) mass is 538 g/mol. The topological polar surface area (TPSA) is 75.7 Å². The van der Waals surface area contributed by atoms with Crippen molar-refractivity contribution >= 4 is 62.2 Å². The smallest absolute Gasteiger partial charge is 0.262 e. The van der Waals surface area contributed by atoms with E-state index in [1.54, 1.807) is 23.1 Å². The van der Waals surface area contributed by atoms with E-state index in [9.17, 15) is 14.4 Å². The Hall–Kier alpha value is -1.74. The quantitative estimate of drug-likeness (QED) is 0.574. The van der Waals surface area contributed by atoms with Gasteiger partial charge in [-0.05, 0) is 58.6 Å². The lowest BCUT2D eigenvalue weighted by Crippen LogP contribution is -2.55. The van der Waals surface area contributed by atoms with Crippen molar-refractivity contribution in [1.29, 1.82) is 0 Å². The summed E-state index contributed by atoms with van der Waals surface area (Å²) < 4.78 is 6.35. The van der Waals surface area contributed by atoms with Crippen LogP contribution in [0.3, 0.4) is 0 Å². The number of nitrogens with one attached hydrogen (secondary N) is 1. The van der Waals surface area contributed by atoms with Crippen molar-refractivity contribution in [3.05, 3.63) is 49.6 Å². The normalized spacial score (nSPS) is 21.4. The van der Waals surface area contributed by atoms with Crippen LogP contribution in [-0.2, 0) is 20.7 Å². The van der Waals surface area contributed by atoms with Gasteiger partial charge in [0, 0.05) is 32.4 Å². The number of carbonyl (C=O) groups excluding carboxylic acids is 3. The van der Waals surface area contributed by atoms with Crippen LogP contribution >= 0.6 is 38.9 Å². The largest absolute Gasteiger partial charge is 0.378 e. The van der Waals surface area contributed by atoms with Crippen LogP contribution in [0.1, 0.15) is 47.3 Å². The van der Waals surface area contributed by atoms with Crippen molar-refractivity contribution in [2.75, 3.05) is 24.7 Å². The molecule has 170 valence electrons. The van der Waals surface area contributed by atoms with Crippen molar-refractivity contribution in [3.63, 3.8) is 0 Å². The molecule has 0 radical (unpaired) electrons. The Morgan fingerprint density at radius 1 is 1.22 bits per heavy atom. The van der Waals surface area contributed by atoms with E-state index in [4.69, 9.17) is 16.3 Å². The number of benzene rings is 1. The molecule has 1 aromatic heterocycles. The van der Waals surface area contributed by atoms with Gasteiger partial charge in [-0.15, -0.1) is 11.3 Å². The number of anilines is 1. The Kier molecular flexibility index (Phi) is 7.34. The van der Waals surface area contributed by atoms with Gasteiger partial charge < -0.3 is 15.0 Å². The van der Waals surface area contributed by atoms with Crippen LogP contribution in [0.4, 0.5) is 5.69 Å². The van der Waals surface area contributed by atoms with Crippen molar-refractivity contribution in [2.24, 2.45) is 0 Å². The van der Waals surface area contributed by atoms with Gasteiger partial charge >= 0.3 is 0 Å². The number of thiophene rings is 1. The highest BCUT2D eigenvalue weighted by atomic mass is 79.9. The minimum atomic E-state index is -1.06. The zero-order valence-corrected chi connectivity index (χ0v) is 20.7. The number of halogens is 2. The maximum Gasteiger partial charge on any atom is 0.262 e. The molecule has 4 rings (SSSR count). The summed E-state index contributed by atoms with van der Waals surface area (Å²) in [5, 5.41) is 3.38. The van der Waals surface area contributed by atoms with E-state index in [-0.39, 0.29) is 30.6 Å². The highest BCUT2D eigenvalue weighted by molar-refractivity contribution is 9.11. The van der Waals surface area contributed by atoms with E-state index in [0.29, 0.717) is 41.6 Å². The molecule has 2 aromatic rings. The number of carbonyl (C=O) groups is 3. The molecule has 2 amide bonds. The summed E-state index contributed by atoms with van der Waals surface area (Å²) in [7, 11) is 0. The van der Waals surface area contributed by atoms with E-state index in [1.165, 1.54) is 11.3 Å². The lowest BCUT2D eigenvalue weighted by molar-refractivity contribution is -0.124.